The second-order valence-corrected chi connectivity index (χ2v) is 7.87. The Bertz CT molecular complexity index is 1350. The predicted octanol–water partition coefficient (Wildman–Crippen LogP) is 4.35. The summed E-state index contributed by atoms with van der Waals surface area (Å²) in [5.41, 5.74) is 5.14. The van der Waals surface area contributed by atoms with Crippen molar-refractivity contribution in [1.82, 2.24) is 14.8 Å². The second-order valence-electron chi connectivity index (χ2n) is 7.87. The van der Waals surface area contributed by atoms with Gasteiger partial charge in [-0.25, -0.2) is 4.68 Å². The van der Waals surface area contributed by atoms with E-state index in [1.807, 2.05) is 48.9 Å². The van der Waals surface area contributed by atoms with Crippen LogP contribution in [0.5, 0.6) is 17.4 Å². The highest BCUT2D eigenvalue weighted by Gasteiger charge is 2.21. The predicted molar refractivity (Wildman–Crippen MR) is 124 cm³/mol. The number of fused-ring (bicyclic) bond motifs is 2. The van der Waals surface area contributed by atoms with Gasteiger partial charge in [0.2, 0.25) is 18.6 Å². The number of nitrogens with one attached hydrogen (secondary N) is 1. The largest absolute Gasteiger partial charge is 0.481 e. The Balaban J connectivity index is 1.40. The molecule has 2 aromatic heterocycles. The molecule has 0 atom stereocenters. The van der Waals surface area contributed by atoms with Gasteiger partial charge in [0.25, 0.3) is 0 Å². The Morgan fingerprint density at radius 1 is 1.12 bits per heavy atom. The lowest BCUT2D eigenvalue weighted by Crippen LogP contribution is -2.13. The molecule has 0 unspecified atom stereocenters. The van der Waals surface area contributed by atoms with Crippen molar-refractivity contribution in [2.24, 2.45) is 0 Å². The van der Waals surface area contributed by atoms with Gasteiger partial charge in [-0.05, 0) is 50.1 Å². The third-order valence-electron chi connectivity index (χ3n) is 5.78. The summed E-state index contributed by atoms with van der Waals surface area (Å²) in [5.74, 6) is 1.71. The fourth-order valence-electron chi connectivity index (χ4n) is 4.18. The number of ether oxygens (including phenoxy) is 3. The molecular formula is C25H24N4O4. The number of methoxy groups -OCH3 is 1. The van der Waals surface area contributed by atoms with E-state index < -0.39 is 0 Å². The normalized spacial score (nSPS) is 12.2. The van der Waals surface area contributed by atoms with Crippen LogP contribution in [0.1, 0.15) is 23.2 Å². The maximum Gasteiger partial charge on any atom is 0.231 e. The molecule has 0 spiro atoms. The molecule has 0 bridgehead atoms. The summed E-state index contributed by atoms with van der Waals surface area (Å²) in [4.78, 5) is 17.4. The molecular weight excluding hydrogens is 420 g/mol. The summed E-state index contributed by atoms with van der Waals surface area (Å²) < 4.78 is 18.1. The summed E-state index contributed by atoms with van der Waals surface area (Å²) in [6, 6.07) is 15.2. The molecule has 4 aromatic rings. The molecule has 0 aliphatic carbocycles. The summed E-state index contributed by atoms with van der Waals surface area (Å²) in [6.07, 6.45) is 0.773. The zero-order chi connectivity index (χ0) is 22.9. The van der Waals surface area contributed by atoms with E-state index in [9.17, 15) is 4.79 Å². The molecule has 0 radical (unpaired) electrons. The van der Waals surface area contributed by atoms with Gasteiger partial charge in [0, 0.05) is 29.1 Å². The number of carbonyl (C=O) groups is 1. The first-order valence-corrected chi connectivity index (χ1v) is 10.7. The van der Waals surface area contributed by atoms with E-state index in [0.717, 1.165) is 33.5 Å². The Morgan fingerprint density at radius 3 is 2.70 bits per heavy atom. The standard InChI is InChI=1S/C25H24N4O4/c1-15-19(10-12-22(30)26-17-9-11-20-21(13-17)33-14-32-20)25(31-3)27-24-23(15)16(2)28-29(24)18-7-5-4-6-8-18/h4-9,11,13H,10,12,14H2,1-3H3,(H,26,30). The number of amides is 1. The summed E-state index contributed by atoms with van der Waals surface area (Å²) >= 11 is 0. The first-order valence-electron chi connectivity index (χ1n) is 10.7. The van der Waals surface area contributed by atoms with E-state index >= 15 is 0 Å². The van der Waals surface area contributed by atoms with Crippen LogP contribution in [0.25, 0.3) is 16.7 Å². The van der Waals surface area contributed by atoms with Crippen LogP contribution in [0, 0.1) is 13.8 Å². The van der Waals surface area contributed by atoms with E-state index in [-0.39, 0.29) is 19.1 Å². The molecule has 1 amide bonds. The van der Waals surface area contributed by atoms with Crippen molar-refractivity contribution in [2.45, 2.75) is 26.7 Å². The minimum absolute atomic E-state index is 0.105. The van der Waals surface area contributed by atoms with Gasteiger partial charge in [0.05, 0.1) is 18.5 Å². The molecule has 168 valence electrons. The van der Waals surface area contributed by atoms with Crippen molar-refractivity contribution in [3.05, 3.63) is 65.4 Å². The third kappa shape index (κ3) is 3.84. The van der Waals surface area contributed by atoms with Crippen LogP contribution < -0.4 is 19.5 Å². The van der Waals surface area contributed by atoms with Crippen LogP contribution in [0.2, 0.25) is 0 Å². The number of carbonyl (C=O) groups excluding carboxylic acids is 1. The van der Waals surface area contributed by atoms with E-state index in [1.54, 1.807) is 25.3 Å². The molecule has 2 aromatic carbocycles. The summed E-state index contributed by atoms with van der Waals surface area (Å²) in [7, 11) is 1.60. The number of aryl methyl sites for hydroxylation is 2. The summed E-state index contributed by atoms with van der Waals surface area (Å²) in [5, 5.41) is 8.61. The topological polar surface area (TPSA) is 87.5 Å². The Labute approximate surface area is 191 Å². The lowest BCUT2D eigenvalue weighted by atomic mass is 10.0. The van der Waals surface area contributed by atoms with E-state index in [1.165, 1.54) is 0 Å². The van der Waals surface area contributed by atoms with Gasteiger partial charge >= 0.3 is 0 Å². The Kier molecular flexibility index (Phi) is 5.34. The van der Waals surface area contributed by atoms with Gasteiger partial charge in [-0.3, -0.25) is 4.79 Å². The van der Waals surface area contributed by atoms with Crippen molar-refractivity contribution in [2.75, 3.05) is 19.2 Å². The van der Waals surface area contributed by atoms with Gasteiger partial charge in [-0.1, -0.05) is 18.2 Å². The average Bonchev–Trinajstić information content (AvgIpc) is 3.42. The molecule has 8 nitrogen and oxygen atoms in total. The van der Waals surface area contributed by atoms with Crippen LogP contribution in [0.3, 0.4) is 0 Å². The minimum atomic E-state index is -0.105. The van der Waals surface area contributed by atoms with E-state index in [4.69, 9.17) is 24.3 Å². The van der Waals surface area contributed by atoms with Crippen molar-refractivity contribution in [3.8, 4) is 23.1 Å². The van der Waals surface area contributed by atoms with Crippen molar-refractivity contribution >= 4 is 22.6 Å². The second kappa shape index (κ2) is 8.46. The monoisotopic (exact) mass is 444 g/mol. The SMILES string of the molecule is COc1nc2c(c(C)nn2-c2ccccc2)c(C)c1CCC(=O)Nc1ccc2c(c1)OCO2. The van der Waals surface area contributed by atoms with Gasteiger partial charge in [0.15, 0.2) is 17.1 Å². The van der Waals surface area contributed by atoms with Gasteiger partial charge in [-0.15, -0.1) is 0 Å². The number of pyridine rings is 1. The third-order valence-corrected chi connectivity index (χ3v) is 5.78. The zero-order valence-corrected chi connectivity index (χ0v) is 18.7. The highest BCUT2D eigenvalue weighted by molar-refractivity contribution is 5.91. The van der Waals surface area contributed by atoms with Gasteiger partial charge in [0.1, 0.15) is 0 Å². The number of hydrogen-bond acceptors (Lipinski definition) is 6. The average molecular weight is 444 g/mol. The number of anilines is 1. The Morgan fingerprint density at radius 2 is 1.91 bits per heavy atom. The number of aromatic nitrogens is 3. The number of benzene rings is 2. The maximum absolute atomic E-state index is 12.7. The first-order chi connectivity index (χ1) is 16.0. The van der Waals surface area contributed by atoms with Crippen LogP contribution >= 0.6 is 0 Å². The first kappa shape index (κ1) is 20.8. The lowest BCUT2D eigenvalue weighted by Gasteiger charge is -2.13. The van der Waals surface area contributed by atoms with Crippen LogP contribution in [-0.2, 0) is 11.2 Å². The Hall–Kier alpha value is -4.07. The lowest BCUT2D eigenvalue weighted by molar-refractivity contribution is -0.116. The molecule has 0 saturated carbocycles. The van der Waals surface area contributed by atoms with Crippen LogP contribution in [0.4, 0.5) is 5.69 Å². The minimum Gasteiger partial charge on any atom is -0.481 e. The van der Waals surface area contributed by atoms with Crippen LogP contribution in [0.15, 0.2) is 48.5 Å². The van der Waals surface area contributed by atoms with Gasteiger partial charge < -0.3 is 19.5 Å². The molecule has 0 saturated heterocycles. The van der Waals surface area contributed by atoms with Crippen molar-refractivity contribution in [3.63, 3.8) is 0 Å². The quantitative estimate of drug-likeness (QED) is 0.476. The molecule has 1 aliphatic rings. The molecule has 1 aliphatic heterocycles. The van der Waals surface area contributed by atoms with Gasteiger partial charge in [-0.2, -0.15) is 10.1 Å². The zero-order valence-electron chi connectivity index (χ0n) is 18.7. The van der Waals surface area contributed by atoms with E-state index in [2.05, 4.69) is 5.32 Å². The van der Waals surface area contributed by atoms with E-state index in [0.29, 0.717) is 29.5 Å². The number of nitrogens with zero attached hydrogens (tertiary/aromatic N) is 3. The highest BCUT2D eigenvalue weighted by Crippen LogP contribution is 2.35. The number of para-hydroxylation sites is 1. The molecule has 33 heavy (non-hydrogen) atoms. The molecule has 3 heterocycles. The van der Waals surface area contributed by atoms with Crippen LogP contribution in [-0.4, -0.2) is 34.6 Å². The van der Waals surface area contributed by atoms with Crippen molar-refractivity contribution in [1.29, 1.82) is 0 Å². The molecule has 1 N–H and O–H groups in total. The molecule has 0 fully saturated rings. The number of hydrogen-bond donors (Lipinski definition) is 1. The maximum atomic E-state index is 12.7. The fourth-order valence-corrected chi connectivity index (χ4v) is 4.18. The highest BCUT2D eigenvalue weighted by atomic mass is 16.7. The molecule has 5 rings (SSSR count). The summed E-state index contributed by atoms with van der Waals surface area (Å²) in [6.45, 7) is 4.20. The van der Waals surface area contributed by atoms with Crippen molar-refractivity contribution < 1.29 is 19.0 Å². The molecule has 8 heteroatoms. The number of rotatable bonds is 6. The smallest absolute Gasteiger partial charge is 0.231 e. The fraction of sp³-hybridized carbons (Fsp3) is 0.240.